The van der Waals surface area contributed by atoms with E-state index in [-0.39, 0.29) is 0 Å². The summed E-state index contributed by atoms with van der Waals surface area (Å²) in [5, 5.41) is 6.72. The Hall–Kier alpha value is -9.39. The molecule has 13 rings (SSSR count). The SMILES string of the molecule is C=C/C=C\C=C\c1nc(-c2ccccc2)nc(-c2cc(-c3ccccc3)c(-n3c4ccccc4c4c5oc6ccc7c8ccccc8n(-c8ccccc8)c7c6c5ccc43)c(-c3ccccc3)c2)n1. The topological polar surface area (TPSA) is 61.7 Å². The van der Waals surface area contributed by atoms with Crippen LogP contribution < -0.4 is 0 Å². The molecule has 69 heavy (non-hydrogen) atoms. The number of allylic oxidation sites excluding steroid dienone is 4. The van der Waals surface area contributed by atoms with Crippen LogP contribution in [0.25, 0.3) is 128 Å². The van der Waals surface area contributed by atoms with Gasteiger partial charge in [0.25, 0.3) is 0 Å². The lowest BCUT2D eigenvalue weighted by Crippen LogP contribution is -2.04. The van der Waals surface area contributed by atoms with Gasteiger partial charge in [-0.2, -0.15) is 0 Å². The zero-order chi connectivity index (χ0) is 45.8. The molecule has 0 bridgehead atoms. The highest BCUT2D eigenvalue weighted by Crippen LogP contribution is 2.48. The van der Waals surface area contributed by atoms with E-state index in [2.05, 4.69) is 192 Å². The van der Waals surface area contributed by atoms with E-state index in [0.29, 0.717) is 17.5 Å². The maximum Gasteiger partial charge on any atom is 0.164 e. The van der Waals surface area contributed by atoms with Crippen LogP contribution in [0.2, 0.25) is 0 Å². The molecule has 4 aromatic heterocycles. The highest BCUT2D eigenvalue weighted by atomic mass is 16.3. The lowest BCUT2D eigenvalue weighted by atomic mass is 9.92. The summed E-state index contributed by atoms with van der Waals surface area (Å²) in [6.07, 6.45) is 9.38. The van der Waals surface area contributed by atoms with E-state index in [1.165, 1.54) is 10.8 Å². The van der Waals surface area contributed by atoms with Gasteiger partial charge in [0.05, 0.1) is 38.5 Å². The Bertz CT molecular complexity index is 4120. The van der Waals surface area contributed by atoms with Gasteiger partial charge in [0.2, 0.25) is 0 Å². The highest BCUT2D eigenvalue weighted by Gasteiger charge is 2.26. The lowest BCUT2D eigenvalue weighted by Gasteiger charge is -2.21. The van der Waals surface area contributed by atoms with E-state index in [1.54, 1.807) is 6.08 Å². The summed E-state index contributed by atoms with van der Waals surface area (Å²) in [6.45, 7) is 3.82. The second kappa shape index (κ2) is 16.5. The van der Waals surface area contributed by atoms with Crippen LogP contribution in [0.5, 0.6) is 0 Å². The first-order valence-corrected chi connectivity index (χ1v) is 23.1. The normalized spacial score (nSPS) is 12.0. The van der Waals surface area contributed by atoms with Crippen molar-refractivity contribution in [3.8, 4) is 56.4 Å². The minimum atomic E-state index is 0.554. The third-order valence-electron chi connectivity index (χ3n) is 13.1. The molecule has 0 radical (unpaired) electrons. The van der Waals surface area contributed by atoms with E-state index in [1.807, 2.05) is 54.6 Å². The molecule has 0 aliphatic rings. The van der Waals surface area contributed by atoms with Gasteiger partial charge in [-0.05, 0) is 77.9 Å². The minimum absolute atomic E-state index is 0.554. The average molecular weight is 884 g/mol. The number of furan rings is 1. The fourth-order valence-corrected chi connectivity index (χ4v) is 10.2. The number of para-hydroxylation sites is 3. The van der Waals surface area contributed by atoms with Crippen LogP contribution >= 0.6 is 0 Å². The summed E-state index contributed by atoms with van der Waals surface area (Å²) < 4.78 is 12.0. The quantitative estimate of drug-likeness (QED) is 0.136. The van der Waals surface area contributed by atoms with Gasteiger partial charge >= 0.3 is 0 Å². The van der Waals surface area contributed by atoms with E-state index in [4.69, 9.17) is 19.4 Å². The maximum absolute atomic E-state index is 7.16. The van der Waals surface area contributed by atoms with Gasteiger partial charge in [-0.3, -0.25) is 0 Å². The van der Waals surface area contributed by atoms with Crippen LogP contribution in [0.1, 0.15) is 5.82 Å². The molecule has 0 aliphatic heterocycles. The maximum atomic E-state index is 7.16. The Labute approximate surface area is 397 Å². The number of hydrogen-bond acceptors (Lipinski definition) is 4. The van der Waals surface area contributed by atoms with E-state index in [9.17, 15) is 0 Å². The van der Waals surface area contributed by atoms with Gasteiger partial charge in [-0.25, -0.2) is 15.0 Å². The van der Waals surface area contributed by atoms with Crippen LogP contribution in [0.4, 0.5) is 0 Å². The molecule has 0 atom stereocenters. The number of aromatic nitrogens is 5. The predicted molar refractivity (Wildman–Crippen MR) is 286 cm³/mol. The first-order chi connectivity index (χ1) is 34.2. The van der Waals surface area contributed by atoms with Crippen molar-refractivity contribution in [1.29, 1.82) is 0 Å². The monoisotopic (exact) mass is 883 g/mol. The minimum Gasteiger partial charge on any atom is -0.455 e. The van der Waals surface area contributed by atoms with Gasteiger partial charge in [0.15, 0.2) is 17.5 Å². The van der Waals surface area contributed by atoms with E-state index < -0.39 is 0 Å². The molecule has 9 aromatic carbocycles. The van der Waals surface area contributed by atoms with Gasteiger partial charge in [-0.15, -0.1) is 0 Å². The Morgan fingerprint density at radius 3 is 1.65 bits per heavy atom. The third kappa shape index (κ3) is 6.61. The molecule has 0 saturated heterocycles. The molecule has 0 fully saturated rings. The molecule has 324 valence electrons. The van der Waals surface area contributed by atoms with Gasteiger partial charge in [0, 0.05) is 49.5 Å². The standard InChI is InChI=1S/C63H41N5O/c1-2-3-4-17-34-56-64-62(43-26-13-7-14-27-43)66-63(65-56)44-39-50(41-22-9-5-10-23-41)59(51(40-44)42-24-11-6-12-25-42)68-53-33-21-19-31-48(53)57-54(68)37-35-49-58-55(69-61(49)57)38-36-47-46-30-18-20-32-52(46)67(60(47)58)45-28-15-8-16-29-45/h2-40H,1H2/b4-3-,34-17+. The van der Waals surface area contributed by atoms with Crippen molar-refractivity contribution in [1.82, 2.24) is 24.1 Å². The van der Waals surface area contributed by atoms with Gasteiger partial charge < -0.3 is 13.6 Å². The predicted octanol–water partition coefficient (Wildman–Crippen LogP) is 16.4. The Morgan fingerprint density at radius 1 is 0.420 bits per heavy atom. The number of fused-ring (bicyclic) bond motifs is 11. The number of nitrogens with zero attached hydrogens (tertiary/aromatic N) is 5. The summed E-state index contributed by atoms with van der Waals surface area (Å²) in [5.74, 6) is 1.72. The van der Waals surface area contributed by atoms with Crippen LogP contribution in [-0.2, 0) is 0 Å². The van der Waals surface area contributed by atoms with Crippen molar-refractivity contribution in [3.63, 3.8) is 0 Å². The molecule has 0 N–H and O–H groups in total. The molecule has 0 saturated carbocycles. The second-order valence-corrected chi connectivity index (χ2v) is 17.2. The molecule has 0 aliphatic carbocycles. The Balaban J connectivity index is 1.12. The molecule has 6 heteroatoms. The highest BCUT2D eigenvalue weighted by molar-refractivity contribution is 6.30. The molecule has 0 spiro atoms. The second-order valence-electron chi connectivity index (χ2n) is 17.2. The molecule has 0 unspecified atom stereocenters. The van der Waals surface area contributed by atoms with Crippen molar-refractivity contribution in [2.24, 2.45) is 0 Å². The number of benzene rings is 9. The van der Waals surface area contributed by atoms with Gasteiger partial charge in [0.1, 0.15) is 11.2 Å². The number of rotatable bonds is 9. The third-order valence-corrected chi connectivity index (χ3v) is 13.1. The van der Waals surface area contributed by atoms with Gasteiger partial charge in [-0.1, -0.05) is 176 Å². The fraction of sp³-hybridized carbons (Fsp3) is 0. The molecule has 13 aromatic rings. The van der Waals surface area contributed by atoms with E-state index in [0.717, 1.165) is 99.5 Å². The van der Waals surface area contributed by atoms with Crippen molar-refractivity contribution in [2.45, 2.75) is 0 Å². The molecule has 6 nitrogen and oxygen atoms in total. The lowest BCUT2D eigenvalue weighted by molar-refractivity contribution is 0.673. The Morgan fingerprint density at radius 2 is 0.986 bits per heavy atom. The van der Waals surface area contributed by atoms with Crippen molar-refractivity contribution in [2.75, 3.05) is 0 Å². The molecular formula is C63H41N5O. The largest absolute Gasteiger partial charge is 0.455 e. The zero-order valence-corrected chi connectivity index (χ0v) is 37.4. The summed E-state index contributed by atoms with van der Waals surface area (Å²) >= 11 is 0. The van der Waals surface area contributed by atoms with Crippen LogP contribution in [0.15, 0.2) is 242 Å². The first kappa shape index (κ1) is 39.9. The number of hydrogen-bond donors (Lipinski definition) is 0. The van der Waals surface area contributed by atoms with E-state index >= 15 is 0 Å². The van der Waals surface area contributed by atoms with Crippen molar-refractivity contribution < 1.29 is 4.42 Å². The van der Waals surface area contributed by atoms with Crippen molar-refractivity contribution in [3.05, 3.63) is 243 Å². The summed E-state index contributed by atoms with van der Waals surface area (Å²) in [7, 11) is 0. The molecular weight excluding hydrogens is 843 g/mol. The smallest absolute Gasteiger partial charge is 0.164 e. The van der Waals surface area contributed by atoms with Crippen LogP contribution in [-0.4, -0.2) is 24.1 Å². The summed E-state index contributed by atoms with van der Waals surface area (Å²) in [5.41, 5.74) is 14.2. The van der Waals surface area contributed by atoms with Crippen LogP contribution in [0.3, 0.4) is 0 Å². The molecule has 4 heterocycles. The van der Waals surface area contributed by atoms with Crippen molar-refractivity contribution >= 4 is 71.6 Å². The fourth-order valence-electron chi connectivity index (χ4n) is 10.2. The first-order valence-electron chi connectivity index (χ1n) is 23.1. The average Bonchev–Trinajstić information content (AvgIpc) is 4.08. The van der Waals surface area contributed by atoms with Crippen LogP contribution in [0, 0.1) is 0 Å². The molecule has 0 amide bonds. The zero-order valence-electron chi connectivity index (χ0n) is 37.4. The summed E-state index contributed by atoms with van der Waals surface area (Å²) in [6, 6.07) is 72.8. The summed E-state index contributed by atoms with van der Waals surface area (Å²) in [4.78, 5) is 15.2. The Kier molecular flexibility index (Phi) is 9.54.